The Balaban J connectivity index is 2.34. The van der Waals surface area contributed by atoms with Crippen LogP contribution in [0.15, 0.2) is 66.7 Å². The maximum absolute atomic E-state index is 12.0. The molecule has 1 atom stereocenters. The number of hydrogen-bond donors (Lipinski definition) is 1. The number of carbonyl (C=O) groups is 1. The lowest BCUT2D eigenvalue weighted by Crippen LogP contribution is -2.43. The van der Waals surface area contributed by atoms with Gasteiger partial charge in [-0.05, 0) is 39.4 Å². The quantitative estimate of drug-likeness (QED) is 0.637. The van der Waals surface area contributed by atoms with Crippen molar-refractivity contribution in [3.8, 4) is 5.75 Å². The summed E-state index contributed by atoms with van der Waals surface area (Å²) in [4.78, 5) is 12.0. The molecule has 0 heterocycles. The summed E-state index contributed by atoms with van der Waals surface area (Å²) in [5.74, 6) is -0.0896. The van der Waals surface area contributed by atoms with Gasteiger partial charge in [0, 0.05) is 5.41 Å². The van der Waals surface area contributed by atoms with Crippen molar-refractivity contribution in [2.45, 2.75) is 32.6 Å². The lowest BCUT2D eigenvalue weighted by Gasteiger charge is -2.45. The smallest absolute Gasteiger partial charge is 0.304 e. The maximum Gasteiger partial charge on any atom is 0.304 e. The Morgan fingerprint density at radius 3 is 2.19 bits per heavy atom. The van der Waals surface area contributed by atoms with Crippen LogP contribution < -0.4 is 4.74 Å². The summed E-state index contributed by atoms with van der Waals surface area (Å²) in [6, 6.07) is 22.2. The molecule has 0 unspecified atom stereocenters. The van der Waals surface area contributed by atoms with Crippen LogP contribution in [0.4, 0.5) is 0 Å². The van der Waals surface area contributed by atoms with Gasteiger partial charge in [-0.15, -0.1) is 0 Å². The minimum atomic E-state index is -0.819. The Labute approximate surface area is 160 Å². The maximum atomic E-state index is 12.0. The second kappa shape index (κ2) is 7.07. The van der Waals surface area contributed by atoms with E-state index in [-0.39, 0.29) is 11.8 Å². The van der Waals surface area contributed by atoms with Gasteiger partial charge >= 0.3 is 5.97 Å². The predicted molar refractivity (Wildman–Crippen MR) is 109 cm³/mol. The first-order chi connectivity index (χ1) is 12.8. The molecule has 140 valence electrons. The van der Waals surface area contributed by atoms with Crippen molar-refractivity contribution in [1.82, 2.24) is 0 Å². The van der Waals surface area contributed by atoms with Crippen LogP contribution in [0.2, 0.25) is 0 Å². The first-order valence-corrected chi connectivity index (χ1v) is 9.13. The van der Waals surface area contributed by atoms with Crippen molar-refractivity contribution in [3.05, 3.63) is 77.9 Å². The van der Waals surface area contributed by atoms with Crippen LogP contribution in [0.3, 0.4) is 0 Å². The van der Waals surface area contributed by atoms with Gasteiger partial charge < -0.3 is 9.84 Å². The minimum Gasteiger partial charge on any atom is -0.497 e. The molecule has 0 bridgehead atoms. The van der Waals surface area contributed by atoms with Gasteiger partial charge in [0.05, 0.1) is 13.5 Å². The first-order valence-electron chi connectivity index (χ1n) is 9.13. The number of carboxylic acid groups (broad SMARTS) is 1. The minimum absolute atomic E-state index is 0.00199. The zero-order valence-electron chi connectivity index (χ0n) is 16.3. The highest BCUT2D eigenvalue weighted by molar-refractivity contribution is 5.84. The molecule has 0 radical (unpaired) electrons. The van der Waals surface area contributed by atoms with Gasteiger partial charge in [-0.25, -0.2) is 0 Å². The van der Waals surface area contributed by atoms with E-state index in [1.165, 1.54) is 0 Å². The Kier molecular flexibility index (Phi) is 4.97. The van der Waals surface area contributed by atoms with Crippen LogP contribution in [-0.4, -0.2) is 18.2 Å². The predicted octanol–water partition coefficient (Wildman–Crippen LogP) is 5.66. The molecule has 0 fully saturated rings. The van der Waals surface area contributed by atoms with Crippen molar-refractivity contribution in [2.75, 3.05) is 7.11 Å². The highest BCUT2D eigenvalue weighted by atomic mass is 16.5. The van der Waals surface area contributed by atoms with Crippen LogP contribution in [0.5, 0.6) is 5.75 Å². The fourth-order valence-electron chi connectivity index (χ4n) is 4.07. The summed E-state index contributed by atoms with van der Waals surface area (Å²) >= 11 is 0. The molecule has 1 N–H and O–H groups in total. The van der Waals surface area contributed by atoms with Crippen LogP contribution in [-0.2, 0) is 10.2 Å². The van der Waals surface area contributed by atoms with Crippen molar-refractivity contribution in [1.29, 1.82) is 0 Å². The zero-order chi connectivity index (χ0) is 19.7. The van der Waals surface area contributed by atoms with Gasteiger partial charge in [0.1, 0.15) is 5.75 Å². The number of benzene rings is 3. The normalized spacial score (nSPS) is 13.9. The van der Waals surface area contributed by atoms with E-state index < -0.39 is 11.4 Å². The molecule has 0 saturated heterocycles. The largest absolute Gasteiger partial charge is 0.497 e. The molecule has 3 heteroatoms. The third-order valence-corrected chi connectivity index (χ3v) is 5.50. The zero-order valence-corrected chi connectivity index (χ0v) is 16.3. The monoisotopic (exact) mass is 362 g/mol. The summed E-state index contributed by atoms with van der Waals surface area (Å²) < 4.78 is 5.43. The van der Waals surface area contributed by atoms with E-state index in [1.54, 1.807) is 7.11 Å². The Morgan fingerprint density at radius 2 is 1.56 bits per heavy atom. The molecule has 0 saturated carbocycles. The Morgan fingerprint density at radius 1 is 0.889 bits per heavy atom. The first kappa shape index (κ1) is 19.0. The average Bonchev–Trinajstić information content (AvgIpc) is 2.64. The van der Waals surface area contributed by atoms with E-state index in [0.717, 1.165) is 27.6 Å². The van der Waals surface area contributed by atoms with Gasteiger partial charge in [0.25, 0.3) is 0 Å². The summed E-state index contributed by atoms with van der Waals surface area (Å²) in [5.41, 5.74) is 0.925. The molecule has 3 aromatic rings. The van der Waals surface area contributed by atoms with Gasteiger partial charge in [0.2, 0.25) is 0 Å². The highest BCUT2D eigenvalue weighted by Gasteiger charge is 2.46. The molecule has 0 aliphatic heterocycles. The molecule has 3 rings (SSSR count). The van der Waals surface area contributed by atoms with Gasteiger partial charge in [-0.1, -0.05) is 75.4 Å². The summed E-state index contributed by atoms with van der Waals surface area (Å²) in [5, 5.41) is 12.1. The lowest BCUT2D eigenvalue weighted by atomic mass is 9.57. The van der Waals surface area contributed by atoms with E-state index in [2.05, 4.69) is 51.1 Å². The topological polar surface area (TPSA) is 46.5 Å². The van der Waals surface area contributed by atoms with E-state index in [4.69, 9.17) is 4.74 Å². The molecular weight excluding hydrogens is 336 g/mol. The standard InChI is InChI=1S/C24H26O3/c1-23(2,3)24(16-22(25)26,19-10-7-11-21(15-19)27-4)20-13-12-17-8-5-6-9-18(17)14-20/h5-15H,16H2,1-4H3,(H,25,26)/t24-/m1/s1. The van der Waals surface area contributed by atoms with E-state index >= 15 is 0 Å². The van der Waals surface area contributed by atoms with E-state index in [1.807, 2.05) is 36.4 Å². The molecule has 0 amide bonds. The van der Waals surface area contributed by atoms with Gasteiger partial charge in [0.15, 0.2) is 0 Å². The fraction of sp³-hybridized carbons (Fsp3) is 0.292. The molecule has 0 aliphatic carbocycles. The summed E-state index contributed by atoms with van der Waals surface area (Å²) in [7, 11) is 1.63. The second-order valence-corrected chi connectivity index (χ2v) is 8.02. The number of rotatable bonds is 5. The van der Waals surface area contributed by atoms with Crippen LogP contribution in [0.1, 0.15) is 38.3 Å². The van der Waals surface area contributed by atoms with Crippen molar-refractivity contribution < 1.29 is 14.6 Å². The second-order valence-electron chi connectivity index (χ2n) is 8.02. The lowest BCUT2D eigenvalue weighted by molar-refractivity contribution is -0.139. The molecular formula is C24H26O3. The van der Waals surface area contributed by atoms with Crippen LogP contribution in [0.25, 0.3) is 10.8 Å². The summed E-state index contributed by atoms with van der Waals surface area (Å²) in [6.45, 7) is 6.31. The van der Waals surface area contributed by atoms with Crippen LogP contribution in [0, 0.1) is 5.41 Å². The fourth-order valence-corrected chi connectivity index (χ4v) is 4.07. The average molecular weight is 362 g/mol. The summed E-state index contributed by atoms with van der Waals surface area (Å²) in [6.07, 6.45) is 0.00199. The van der Waals surface area contributed by atoms with Gasteiger partial charge in [-0.2, -0.15) is 0 Å². The van der Waals surface area contributed by atoms with Crippen molar-refractivity contribution in [3.63, 3.8) is 0 Å². The molecule has 0 spiro atoms. The molecule has 0 aliphatic rings. The number of methoxy groups -OCH3 is 1. The number of hydrogen-bond acceptors (Lipinski definition) is 2. The van der Waals surface area contributed by atoms with Gasteiger partial charge in [-0.3, -0.25) is 4.79 Å². The number of aliphatic carboxylic acids is 1. The Bertz CT molecular complexity index is 969. The third kappa shape index (κ3) is 3.42. The number of carboxylic acids is 1. The molecule has 0 aromatic heterocycles. The Hall–Kier alpha value is -2.81. The molecule has 3 nitrogen and oxygen atoms in total. The molecule has 3 aromatic carbocycles. The third-order valence-electron chi connectivity index (χ3n) is 5.50. The van der Waals surface area contributed by atoms with Crippen molar-refractivity contribution in [2.24, 2.45) is 5.41 Å². The highest BCUT2D eigenvalue weighted by Crippen LogP contribution is 2.50. The van der Waals surface area contributed by atoms with Crippen molar-refractivity contribution >= 4 is 16.7 Å². The van der Waals surface area contributed by atoms with Crippen LogP contribution >= 0.6 is 0 Å². The molecule has 27 heavy (non-hydrogen) atoms. The van der Waals surface area contributed by atoms with E-state index in [0.29, 0.717) is 0 Å². The SMILES string of the molecule is COc1cccc([C@](CC(=O)O)(c2ccc3ccccc3c2)C(C)(C)C)c1. The number of ether oxygens (including phenoxy) is 1. The number of fused-ring (bicyclic) bond motifs is 1. The van der Waals surface area contributed by atoms with E-state index in [9.17, 15) is 9.90 Å².